The number of alkyl halides is 1. The summed E-state index contributed by atoms with van der Waals surface area (Å²) in [5.74, 6) is -1.04. The van der Waals surface area contributed by atoms with E-state index in [1.165, 1.54) is 0 Å². The molecule has 0 amide bonds. The minimum Gasteiger partial charge on any atom is -0.426 e. The summed E-state index contributed by atoms with van der Waals surface area (Å²) in [4.78, 5) is 21.9. The molecule has 0 fully saturated rings. The van der Waals surface area contributed by atoms with Gasteiger partial charge in [0.2, 0.25) is 0 Å². The summed E-state index contributed by atoms with van der Waals surface area (Å²) < 4.78 is 4.95. The van der Waals surface area contributed by atoms with E-state index in [4.69, 9.17) is 16.3 Å². The third-order valence-corrected chi connectivity index (χ3v) is 2.67. The van der Waals surface area contributed by atoms with Gasteiger partial charge in [0.25, 0.3) is 0 Å². The lowest BCUT2D eigenvalue weighted by molar-refractivity contribution is -0.142. The largest absolute Gasteiger partial charge is 0.426 e. The van der Waals surface area contributed by atoms with Crippen molar-refractivity contribution in [2.24, 2.45) is 5.92 Å². The van der Waals surface area contributed by atoms with Crippen LogP contribution in [0.4, 0.5) is 0 Å². The summed E-state index contributed by atoms with van der Waals surface area (Å²) in [7, 11) is 0. The molecule has 2 atom stereocenters. The molecule has 0 aliphatic carbocycles. The van der Waals surface area contributed by atoms with Gasteiger partial charge in [-0.1, -0.05) is 18.2 Å². The number of carbonyl (C=O) groups is 2. The highest BCUT2D eigenvalue weighted by Crippen LogP contribution is 2.39. The summed E-state index contributed by atoms with van der Waals surface area (Å²) in [6.07, 6.45) is 0.524. The summed E-state index contributed by atoms with van der Waals surface area (Å²) in [6, 6.07) is 6.94. The van der Waals surface area contributed by atoms with Crippen LogP contribution in [0.15, 0.2) is 24.3 Å². The molecule has 0 radical (unpaired) electrons. The Morgan fingerprint density at radius 2 is 2.07 bits per heavy atom. The SMILES string of the molecule is O=CC1C(=O)Oc2ccccc2C1Cl. The first-order chi connectivity index (χ1) is 6.74. The quantitative estimate of drug-likeness (QED) is 0.233. The Kier molecular flexibility index (Phi) is 2.25. The molecular weight excluding hydrogens is 204 g/mol. The highest BCUT2D eigenvalue weighted by Gasteiger charge is 2.36. The van der Waals surface area contributed by atoms with Gasteiger partial charge < -0.3 is 9.53 Å². The predicted octanol–water partition coefficient (Wildman–Crippen LogP) is 1.70. The average Bonchev–Trinajstić information content (AvgIpc) is 2.18. The van der Waals surface area contributed by atoms with Crippen molar-refractivity contribution in [2.75, 3.05) is 0 Å². The maximum Gasteiger partial charge on any atom is 0.323 e. The van der Waals surface area contributed by atoms with Crippen LogP contribution in [0.2, 0.25) is 0 Å². The molecule has 0 spiro atoms. The smallest absolute Gasteiger partial charge is 0.323 e. The lowest BCUT2D eigenvalue weighted by Gasteiger charge is -2.23. The van der Waals surface area contributed by atoms with Crippen LogP contribution in [-0.4, -0.2) is 12.3 Å². The van der Waals surface area contributed by atoms with Crippen LogP contribution in [-0.2, 0) is 9.59 Å². The standard InChI is InChI=1S/C10H7ClO3/c11-9-6-3-1-2-4-8(6)14-10(13)7(9)5-12/h1-5,7,9H. The van der Waals surface area contributed by atoms with Crippen LogP contribution in [0.5, 0.6) is 5.75 Å². The molecule has 14 heavy (non-hydrogen) atoms. The van der Waals surface area contributed by atoms with E-state index in [-0.39, 0.29) is 0 Å². The Balaban J connectivity index is 2.48. The Bertz CT molecular complexity index is 389. The van der Waals surface area contributed by atoms with Gasteiger partial charge in [0.05, 0.1) is 5.38 Å². The van der Waals surface area contributed by atoms with Gasteiger partial charge in [-0.15, -0.1) is 11.6 Å². The molecule has 72 valence electrons. The van der Waals surface area contributed by atoms with E-state index >= 15 is 0 Å². The zero-order valence-corrected chi connectivity index (χ0v) is 7.90. The number of carbonyl (C=O) groups excluding carboxylic acids is 2. The minimum atomic E-state index is -0.897. The van der Waals surface area contributed by atoms with Crippen molar-refractivity contribution in [3.8, 4) is 5.75 Å². The van der Waals surface area contributed by atoms with Gasteiger partial charge in [-0.3, -0.25) is 4.79 Å². The second-order valence-electron chi connectivity index (χ2n) is 3.02. The van der Waals surface area contributed by atoms with Gasteiger partial charge in [-0.25, -0.2) is 0 Å². The fourth-order valence-electron chi connectivity index (χ4n) is 1.42. The van der Waals surface area contributed by atoms with Crippen LogP contribution in [0.25, 0.3) is 0 Å². The summed E-state index contributed by atoms with van der Waals surface area (Å²) >= 11 is 5.98. The molecule has 4 heteroatoms. The minimum absolute atomic E-state index is 0.440. The normalized spacial score (nSPS) is 25.1. The monoisotopic (exact) mass is 210 g/mol. The molecule has 2 unspecified atom stereocenters. The number of ether oxygens (including phenoxy) is 1. The molecule has 0 saturated heterocycles. The number of aldehydes is 1. The van der Waals surface area contributed by atoms with Crippen LogP contribution in [0.3, 0.4) is 0 Å². The Hall–Kier alpha value is -1.35. The number of hydrogen-bond donors (Lipinski definition) is 0. The van der Waals surface area contributed by atoms with E-state index in [1.807, 2.05) is 0 Å². The van der Waals surface area contributed by atoms with Crippen molar-refractivity contribution in [1.29, 1.82) is 0 Å². The van der Waals surface area contributed by atoms with Crippen molar-refractivity contribution in [1.82, 2.24) is 0 Å². The third kappa shape index (κ3) is 1.30. The number of esters is 1. The molecule has 0 saturated carbocycles. The third-order valence-electron chi connectivity index (χ3n) is 2.16. The Morgan fingerprint density at radius 1 is 1.36 bits per heavy atom. The summed E-state index contributed by atoms with van der Waals surface area (Å²) in [5, 5.41) is -0.620. The van der Waals surface area contributed by atoms with E-state index in [0.717, 1.165) is 0 Å². The first-order valence-corrected chi connectivity index (χ1v) is 4.57. The van der Waals surface area contributed by atoms with Crippen molar-refractivity contribution in [3.05, 3.63) is 29.8 Å². The molecule has 2 rings (SSSR count). The molecule has 1 aliphatic heterocycles. The van der Waals surface area contributed by atoms with Crippen molar-refractivity contribution in [3.63, 3.8) is 0 Å². The van der Waals surface area contributed by atoms with E-state index in [0.29, 0.717) is 17.6 Å². The predicted molar refractivity (Wildman–Crippen MR) is 50.2 cm³/mol. The fraction of sp³-hybridized carbons (Fsp3) is 0.200. The Morgan fingerprint density at radius 3 is 2.79 bits per heavy atom. The number of benzene rings is 1. The van der Waals surface area contributed by atoms with Gasteiger partial charge >= 0.3 is 5.97 Å². The van der Waals surface area contributed by atoms with Crippen LogP contribution < -0.4 is 4.74 Å². The van der Waals surface area contributed by atoms with Crippen LogP contribution >= 0.6 is 11.6 Å². The second kappa shape index (κ2) is 3.42. The molecule has 0 bridgehead atoms. The lowest BCUT2D eigenvalue weighted by Crippen LogP contribution is -2.30. The molecule has 0 N–H and O–H groups in total. The first kappa shape index (κ1) is 9.21. The van der Waals surface area contributed by atoms with Gasteiger partial charge in [-0.2, -0.15) is 0 Å². The molecule has 1 heterocycles. The highest BCUT2D eigenvalue weighted by molar-refractivity contribution is 6.24. The molecule has 3 nitrogen and oxygen atoms in total. The molecule has 0 aromatic heterocycles. The number of fused-ring (bicyclic) bond motifs is 1. The van der Waals surface area contributed by atoms with E-state index in [2.05, 4.69) is 0 Å². The Labute approximate surface area is 85.6 Å². The van der Waals surface area contributed by atoms with Crippen LogP contribution in [0, 0.1) is 5.92 Å². The van der Waals surface area contributed by atoms with E-state index < -0.39 is 17.3 Å². The zero-order chi connectivity index (χ0) is 10.1. The number of hydrogen-bond acceptors (Lipinski definition) is 3. The molecule has 1 aliphatic rings. The van der Waals surface area contributed by atoms with E-state index in [9.17, 15) is 9.59 Å². The second-order valence-corrected chi connectivity index (χ2v) is 3.49. The van der Waals surface area contributed by atoms with Gasteiger partial charge in [0.1, 0.15) is 18.0 Å². The first-order valence-electron chi connectivity index (χ1n) is 4.14. The maximum atomic E-state index is 11.3. The van der Waals surface area contributed by atoms with Gasteiger partial charge in [0, 0.05) is 5.56 Å². The van der Waals surface area contributed by atoms with Gasteiger partial charge in [0.15, 0.2) is 0 Å². The van der Waals surface area contributed by atoms with Crippen molar-refractivity contribution < 1.29 is 14.3 Å². The zero-order valence-electron chi connectivity index (χ0n) is 7.14. The topological polar surface area (TPSA) is 43.4 Å². The van der Waals surface area contributed by atoms with Crippen molar-refractivity contribution in [2.45, 2.75) is 5.38 Å². The molecule has 1 aromatic rings. The fourth-order valence-corrected chi connectivity index (χ4v) is 1.76. The van der Waals surface area contributed by atoms with Crippen LogP contribution in [0.1, 0.15) is 10.9 Å². The van der Waals surface area contributed by atoms with Gasteiger partial charge in [-0.05, 0) is 6.07 Å². The maximum absolute atomic E-state index is 11.3. The highest BCUT2D eigenvalue weighted by atomic mass is 35.5. The number of para-hydroxylation sites is 1. The van der Waals surface area contributed by atoms with E-state index in [1.54, 1.807) is 24.3 Å². The number of halogens is 1. The average molecular weight is 211 g/mol. The molecular formula is C10H7ClO3. The lowest BCUT2D eigenvalue weighted by atomic mass is 9.97. The summed E-state index contributed by atoms with van der Waals surface area (Å²) in [5.41, 5.74) is 0.686. The van der Waals surface area contributed by atoms with Crippen molar-refractivity contribution >= 4 is 23.9 Å². The number of rotatable bonds is 1. The summed E-state index contributed by atoms with van der Waals surface area (Å²) in [6.45, 7) is 0. The molecule has 1 aromatic carbocycles.